The minimum absolute atomic E-state index is 0.278. The SMILES string of the molecule is NCC(=O)O.NCCCC[C@H](N)C(=O)O.N[C@@H](Cc1cnc[nH]1)C(=O)O. The van der Waals surface area contributed by atoms with Crippen molar-refractivity contribution >= 4 is 17.9 Å². The molecule has 1 aromatic heterocycles. The minimum atomic E-state index is -1.00. The van der Waals surface area contributed by atoms with E-state index in [1.54, 1.807) is 6.20 Å². The number of nitrogens with one attached hydrogen (secondary N) is 1. The summed E-state index contributed by atoms with van der Waals surface area (Å²) in [6, 6.07) is -1.57. The number of aromatic amines is 1. The molecule has 26 heavy (non-hydrogen) atoms. The van der Waals surface area contributed by atoms with E-state index in [1.165, 1.54) is 6.33 Å². The molecule has 0 aliphatic carbocycles. The summed E-state index contributed by atoms with van der Waals surface area (Å²) in [5.41, 5.74) is 21.0. The second-order valence-corrected chi connectivity index (χ2v) is 5.05. The van der Waals surface area contributed by atoms with Crippen molar-refractivity contribution in [2.45, 2.75) is 37.8 Å². The Morgan fingerprint density at radius 2 is 1.58 bits per heavy atom. The predicted octanol–water partition coefficient (Wildman–Crippen LogP) is -2.08. The van der Waals surface area contributed by atoms with E-state index in [-0.39, 0.29) is 13.0 Å². The van der Waals surface area contributed by atoms with Crippen LogP contribution in [0.15, 0.2) is 12.5 Å². The first kappa shape index (κ1) is 25.7. The number of aromatic nitrogens is 2. The molecular formula is C14H28N6O6. The Bertz CT molecular complexity index is 510. The van der Waals surface area contributed by atoms with Crippen LogP contribution >= 0.6 is 0 Å². The molecule has 1 rings (SSSR count). The van der Waals surface area contributed by atoms with E-state index in [4.69, 9.17) is 32.5 Å². The summed E-state index contributed by atoms with van der Waals surface area (Å²) in [5, 5.41) is 24.3. The van der Waals surface area contributed by atoms with Gasteiger partial charge in [0.05, 0.1) is 12.9 Å². The van der Waals surface area contributed by atoms with Crippen LogP contribution < -0.4 is 22.9 Å². The fourth-order valence-electron chi connectivity index (χ4n) is 1.35. The van der Waals surface area contributed by atoms with Crippen LogP contribution in [0.4, 0.5) is 0 Å². The first-order valence-electron chi connectivity index (χ1n) is 7.71. The highest BCUT2D eigenvalue weighted by Gasteiger charge is 2.12. The third-order valence-corrected chi connectivity index (χ3v) is 2.77. The number of rotatable bonds is 9. The first-order chi connectivity index (χ1) is 12.1. The number of carbonyl (C=O) groups is 3. The van der Waals surface area contributed by atoms with Gasteiger partial charge < -0.3 is 43.2 Å². The van der Waals surface area contributed by atoms with Crippen molar-refractivity contribution in [3.63, 3.8) is 0 Å². The Balaban J connectivity index is 0. The molecule has 0 aliphatic heterocycles. The number of carboxylic acid groups (broad SMARTS) is 3. The van der Waals surface area contributed by atoms with Crippen LogP contribution in [-0.2, 0) is 20.8 Å². The molecule has 1 heterocycles. The number of nitrogens with zero attached hydrogens (tertiary/aromatic N) is 1. The second-order valence-electron chi connectivity index (χ2n) is 5.05. The lowest BCUT2D eigenvalue weighted by atomic mass is 10.1. The molecule has 0 amide bonds. The lowest BCUT2D eigenvalue weighted by molar-refractivity contribution is -0.139. The van der Waals surface area contributed by atoms with Gasteiger partial charge in [-0.2, -0.15) is 0 Å². The number of carboxylic acids is 3. The normalized spacial score (nSPS) is 11.8. The van der Waals surface area contributed by atoms with Crippen LogP contribution in [0, 0.1) is 0 Å². The molecule has 0 saturated heterocycles. The zero-order valence-corrected chi connectivity index (χ0v) is 14.4. The fraction of sp³-hybridized carbons (Fsp3) is 0.571. The molecule has 0 saturated carbocycles. The third kappa shape index (κ3) is 16.3. The van der Waals surface area contributed by atoms with E-state index in [0.29, 0.717) is 13.0 Å². The standard InChI is InChI=1S/C6H9N3O2.C6H14N2O2.C2H5NO2/c7-5(6(10)11)1-4-2-8-3-9-4;7-4-2-1-3-5(8)6(9)10;3-1-2(4)5/h2-3,5H,1,7H2,(H,8,9)(H,10,11);5H,1-4,7-8H2,(H,9,10);1,3H2,(H,4,5)/t2*5-;/m00./s1. The molecule has 2 atom stereocenters. The number of nitrogens with two attached hydrogens (primary N) is 4. The number of H-pyrrole nitrogens is 1. The van der Waals surface area contributed by atoms with Crippen LogP contribution in [0.2, 0.25) is 0 Å². The molecule has 0 radical (unpaired) electrons. The largest absolute Gasteiger partial charge is 0.480 e. The van der Waals surface area contributed by atoms with E-state index in [9.17, 15) is 14.4 Å². The fourth-order valence-corrected chi connectivity index (χ4v) is 1.35. The minimum Gasteiger partial charge on any atom is -0.480 e. The van der Waals surface area contributed by atoms with E-state index in [1.807, 2.05) is 0 Å². The van der Waals surface area contributed by atoms with Crippen LogP contribution in [0.25, 0.3) is 0 Å². The molecule has 150 valence electrons. The lowest BCUT2D eigenvalue weighted by Crippen LogP contribution is -2.32. The first-order valence-corrected chi connectivity index (χ1v) is 7.71. The Labute approximate surface area is 150 Å². The summed E-state index contributed by atoms with van der Waals surface area (Å²) in [7, 11) is 0. The van der Waals surface area contributed by atoms with Gasteiger partial charge in [-0.25, -0.2) is 4.98 Å². The van der Waals surface area contributed by atoms with E-state index >= 15 is 0 Å². The molecule has 0 unspecified atom stereocenters. The Morgan fingerprint density at radius 1 is 1.04 bits per heavy atom. The third-order valence-electron chi connectivity index (χ3n) is 2.77. The Kier molecular flexibility index (Phi) is 15.8. The van der Waals surface area contributed by atoms with Crippen LogP contribution in [0.3, 0.4) is 0 Å². The average Bonchev–Trinajstić information content (AvgIpc) is 3.08. The van der Waals surface area contributed by atoms with Crippen molar-refractivity contribution < 1.29 is 29.7 Å². The molecule has 1 aromatic rings. The molecule has 12 N–H and O–H groups in total. The molecule has 0 aliphatic rings. The van der Waals surface area contributed by atoms with Gasteiger partial charge in [-0.05, 0) is 19.4 Å². The molecule has 0 fully saturated rings. The maximum Gasteiger partial charge on any atom is 0.320 e. The number of hydrogen-bond acceptors (Lipinski definition) is 8. The number of hydrogen-bond donors (Lipinski definition) is 8. The Morgan fingerprint density at radius 3 is 1.92 bits per heavy atom. The van der Waals surface area contributed by atoms with Gasteiger partial charge in [0.15, 0.2) is 0 Å². The molecular weight excluding hydrogens is 348 g/mol. The summed E-state index contributed by atoms with van der Waals surface area (Å²) < 4.78 is 0. The van der Waals surface area contributed by atoms with Gasteiger partial charge in [0, 0.05) is 18.3 Å². The summed E-state index contributed by atoms with van der Waals surface area (Å²) in [5.74, 6) is -2.90. The van der Waals surface area contributed by atoms with E-state index < -0.39 is 30.0 Å². The van der Waals surface area contributed by atoms with Crippen molar-refractivity contribution in [2.24, 2.45) is 22.9 Å². The number of imidazole rings is 1. The van der Waals surface area contributed by atoms with Crippen LogP contribution in [-0.4, -0.2) is 68.4 Å². The van der Waals surface area contributed by atoms with Crippen LogP contribution in [0.1, 0.15) is 25.0 Å². The van der Waals surface area contributed by atoms with Crippen molar-refractivity contribution in [3.8, 4) is 0 Å². The second kappa shape index (κ2) is 16.0. The van der Waals surface area contributed by atoms with Crippen LogP contribution in [0.5, 0.6) is 0 Å². The summed E-state index contributed by atoms with van der Waals surface area (Å²) in [4.78, 5) is 36.1. The molecule has 12 heteroatoms. The smallest absolute Gasteiger partial charge is 0.320 e. The number of unbranched alkanes of at least 4 members (excludes halogenated alkanes) is 1. The van der Waals surface area contributed by atoms with Gasteiger partial charge in [0.25, 0.3) is 0 Å². The van der Waals surface area contributed by atoms with Gasteiger partial charge in [0.2, 0.25) is 0 Å². The quantitative estimate of drug-likeness (QED) is 0.217. The zero-order chi connectivity index (χ0) is 20.5. The van der Waals surface area contributed by atoms with E-state index in [0.717, 1.165) is 18.5 Å². The van der Waals surface area contributed by atoms with Gasteiger partial charge in [-0.15, -0.1) is 0 Å². The Hall–Kier alpha value is -2.54. The summed E-state index contributed by atoms with van der Waals surface area (Å²) in [6.45, 7) is 0.326. The maximum absolute atomic E-state index is 10.3. The maximum atomic E-state index is 10.3. The topological polar surface area (TPSA) is 245 Å². The van der Waals surface area contributed by atoms with E-state index in [2.05, 4.69) is 15.7 Å². The van der Waals surface area contributed by atoms with Crippen molar-refractivity contribution in [3.05, 3.63) is 18.2 Å². The zero-order valence-electron chi connectivity index (χ0n) is 14.4. The molecule has 0 spiro atoms. The monoisotopic (exact) mass is 376 g/mol. The van der Waals surface area contributed by atoms with Crippen molar-refractivity contribution in [1.29, 1.82) is 0 Å². The predicted molar refractivity (Wildman–Crippen MR) is 93.1 cm³/mol. The number of aliphatic carboxylic acids is 3. The van der Waals surface area contributed by atoms with Gasteiger partial charge >= 0.3 is 17.9 Å². The summed E-state index contributed by atoms with van der Waals surface area (Å²) >= 11 is 0. The van der Waals surface area contributed by atoms with Gasteiger partial charge in [-0.3, -0.25) is 14.4 Å². The highest BCUT2D eigenvalue weighted by atomic mass is 16.4. The lowest BCUT2D eigenvalue weighted by Gasteiger charge is -2.03. The average molecular weight is 376 g/mol. The van der Waals surface area contributed by atoms with Crippen molar-refractivity contribution in [1.82, 2.24) is 9.97 Å². The highest BCUT2D eigenvalue weighted by Crippen LogP contribution is 1.97. The molecule has 12 nitrogen and oxygen atoms in total. The highest BCUT2D eigenvalue weighted by molar-refractivity contribution is 5.73. The molecule has 0 aromatic carbocycles. The van der Waals surface area contributed by atoms with Crippen molar-refractivity contribution in [2.75, 3.05) is 13.1 Å². The summed E-state index contributed by atoms with van der Waals surface area (Å²) in [6.07, 6.45) is 5.50. The van der Waals surface area contributed by atoms with Gasteiger partial charge in [0.1, 0.15) is 12.1 Å². The molecule has 0 bridgehead atoms. The van der Waals surface area contributed by atoms with Gasteiger partial charge in [-0.1, -0.05) is 6.42 Å².